The van der Waals surface area contributed by atoms with E-state index >= 15 is 0 Å². The van der Waals surface area contributed by atoms with Crippen molar-refractivity contribution in [3.05, 3.63) is 228 Å². The molecule has 56 heavy (non-hydrogen) atoms. The standard InChI is InChI=1S/C54H46N2/c1-52(2)48-26-16-14-24-44(48)46-30-28-42(36-50(46)52)55(40-20-10-6-11-21-40)54(34-32-39(33-35-54)38-18-8-5-9-19-38)56(41-22-12-7-13-23-41)43-29-31-47-45-25-15-17-27-49(45)53(3,4)51(47)37-43/h5-37,39H,1-4H3. The van der Waals surface area contributed by atoms with Gasteiger partial charge in [-0.05, 0) is 111 Å². The van der Waals surface area contributed by atoms with Crippen LogP contribution in [-0.4, -0.2) is 5.66 Å². The quantitative estimate of drug-likeness (QED) is 0.119. The number of para-hydroxylation sites is 2. The Balaban J connectivity index is 1.24. The summed E-state index contributed by atoms with van der Waals surface area (Å²) in [5.41, 5.74) is 15.4. The summed E-state index contributed by atoms with van der Waals surface area (Å²) in [5, 5.41) is 0. The number of hydrogen-bond acceptors (Lipinski definition) is 2. The van der Waals surface area contributed by atoms with Crippen molar-refractivity contribution in [3.8, 4) is 22.3 Å². The molecule has 0 heterocycles. The summed E-state index contributed by atoms with van der Waals surface area (Å²) >= 11 is 0. The lowest BCUT2D eigenvalue weighted by molar-refractivity contribution is 0.620. The van der Waals surface area contributed by atoms with Crippen LogP contribution in [0.1, 0.15) is 61.4 Å². The first-order chi connectivity index (χ1) is 27.3. The predicted molar refractivity (Wildman–Crippen MR) is 235 cm³/mol. The monoisotopic (exact) mass is 722 g/mol. The fourth-order valence-electron chi connectivity index (χ4n) is 9.85. The van der Waals surface area contributed by atoms with E-state index in [1.165, 1.54) is 50.1 Å². The van der Waals surface area contributed by atoms with Crippen molar-refractivity contribution in [2.45, 2.75) is 50.1 Å². The third-order valence-electron chi connectivity index (χ3n) is 12.7. The Morgan fingerprint density at radius 2 is 0.732 bits per heavy atom. The molecule has 3 aliphatic rings. The van der Waals surface area contributed by atoms with Crippen LogP contribution in [0.5, 0.6) is 0 Å². The molecule has 10 rings (SSSR count). The van der Waals surface area contributed by atoms with E-state index in [1.807, 2.05) is 0 Å². The summed E-state index contributed by atoms with van der Waals surface area (Å²) in [6.45, 7) is 9.48. The molecule has 0 unspecified atom stereocenters. The maximum Gasteiger partial charge on any atom is 0.160 e. The van der Waals surface area contributed by atoms with Crippen LogP contribution < -0.4 is 9.80 Å². The van der Waals surface area contributed by atoms with Gasteiger partial charge in [-0.25, -0.2) is 0 Å². The summed E-state index contributed by atoms with van der Waals surface area (Å²) in [5.74, 6) is 0.140. The smallest absolute Gasteiger partial charge is 0.160 e. The Kier molecular flexibility index (Phi) is 7.83. The Morgan fingerprint density at radius 3 is 1.18 bits per heavy atom. The Morgan fingerprint density at radius 1 is 0.357 bits per heavy atom. The molecule has 0 aliphatic heterocycles. The van der Waals surface area contributed by atoms with Crippen LogP contribution in [0.4, 0.5) is 22.7 Å². The molecule has 0 bridgehead atoms. The molecule has 2 nitrogen and oxygen atoms in total. The van der Waals surface area contributed by atoms with E-state index in [2.05, 4.69) is 238 Å². The Labute approximate surface area is 331 Å². The lowest BCUT2D eigenvalue weighted by Gasteiger charge is -2.51. The number of fused-ring (bicyclic) bond motifs is 6. The van der Waals surface area contributed by atoms with Gasteiger partial charge in [0.2, 0.25) is 0 Å². The minimum absolute atomic E-state index is 0.140. The predicted octanol–water partition coefficient (Wildman–Crippen LogP) is 13.9. The highest BCUT2D eigenvalue weighted by Crippen LogP contribution is 2.54. The molecule has 0 aromatic heterocycles. The van der Waals surface area contributed by atoms with Crippen molar-refractivity contribution in [2.24, 2.45) is 0 Å². The zero-order valence-electron chi connectivity index (χ0n) is 32.5. The second-order valence-corrected chi connectivity index (χ2v) is 16.6. The van der Waals surface area contributed by atoms with Gasteiger partial charge in [-0.15, -0.1) is 0 Å². The van der Waals surface area contributed by atoms with Crippen LogP contribution in [0.15, 0.2) is 200 Å². The van der Waals surface area contributed by atoms with Gasteiger partial charge >= 0.3 is 0 Å². The first kappa shape index (κ1) is 34.1. The highest BCUT2D eigenvalue weighted by molar-refractivity contribution is 5.87. The lowest BCUT2D eigenvalue weighted by Crippen LogP contribution is -2.56. The molecule has 0 fully saturated rings. The number of rotatable bonds is 7. The molecule has 2 heteroatoms. The largest absolute Gasteiger partial charge is 0.311 e. The highest BCUT2D eigenvalue weighted by atomic mass is 15.4. The fraction of sp³-hybridized carbons (Fsp3) is 0.148. The second kappa shape index (κ2) is 12.9. The number of anilines is 4. The van der Waals surface area contributed by atoms with Crippen LogP contribution in [0, 0.1) is 0 Å². The molecular weight excluding hydrogens is 677 g/mol. The van der Waals surface area contributed by atoms with Gasteiger partial charge in [-0.3, -0.25) is 0 Å². The average molecular weight is 723 g/mol. The van der Waals surface area contributed by atoms with Crippen molar-refractivity contribution in [3.63, 3.8) is 0 Å². The third kappa shape index (κ3) is 5.16. The minimum atomic E-state index is -0.790. The zero-order chi connectivity index (χ0) is 38.1. The summed E-state index contributed by atoms with van der Waals surface area (Å²) in [7, 11) is 0. The molecule has 0 atom stereocenters. The van der Waals surface area contributed by atoms with E-state index < -0.39 is 5.66 Å². The Hall–Kier alpha value is -6.38. The molecule has 0 N–H and O–H groups in total. The summed E-state index contributed by atoms with van der Waals surface area (Å²) in [4.78, 5) is 5.11. The van der Waals surface area contributed by atoms with Gasteiger partial charge < -0.3 is 9.80 Å². The molecule has 0 saturated carbocycles. The lowest BCUT2D eigenvalue weighted by atomic mass is 9.81. The van der Waals surface area contributed by atoms with Gasteiger partial charge in [0.25, 0.3) is 0 Å². The molecule has 0 radical (unpaired) electrons. The summed E-state index contributed by atoms with van der Waals surface area (Å²) in [6.07, 6.45) is 9.71. The van der Waals surface area contributed by atoms with E-state index in [4.69, 9.17) is 0 Å². The average Bonchev–Trinajstić information content (AvgIpc) is 3.61. The molecule has 7 aromatic carbocycles. The summed E-state index contributed by atoms with van der Waals surface area (Å²) in [6, 6.07) is 64.9. The fourth-order valence-corrected chi connectivity index (χ4v) is 9.85. The van der Waals surface area contributed by atoms with E-state index in [9.17, 15) is 0 Å². The molecule has 0 amide bonds. The molecule has 3 aliphatic carbocycles. The van der Waals surface area contributed by atoms with Crippen molar-refractivity contribution < 1.29 is 0 Å². The van der Waals surface area contributed by atoms with E-state index in [1.54, 1.807) is 0 Å². The van der Waals surface area contributed by atoms with E-state index in [0.29, 0.717) is 0 Å². The Bertz CT molecular complexity index is 2480. The van der Waals surface area contributed by atoms with Crippen molar-refractivity contribution >= 4 is 22.7 Å². The number of benzene rings is 7. The van der Waals surface area contributed by atoms with Gasteiger partial charge in [0, 0.05) is 39.5 Å². The summed E-state index contributed by atoms with van der Waals surface area (Å²) < 4.78 is 0. The zero-order valence-corrected chi connectivity index (χ0v) is 32.5. The normalized spacial score (nSPS) is 16.4. The van der Waals surface area contributed by atoms with E-state index in [-0.39, 0.29) is 16.7 Å². The number of allylic oxidation sites excluding steroid dienone is 2. The van der Waals surface area contributed by atoms with Crippen molar-refractivity contribution in [2.75, 3.05) is 9.80 Å². The van der Waals surface area contributed by atoms with Crippen LogP contribution in [0.2, 0.25) is 0 Å². The van der Waals surface area contributed by atoms with Crippen LogP contribution in [0.25, 0.3) is 22.3 Å². The molecular formula is C54H46N2. The van der Waals surface area contributed by atoms with Crippen LogP contribution in [-0.2, 0) is 10.8 Å². The van der Waals surface area contributed by atoms with Crippen molar-refractivity contribution in [1.29, 1.82) is 0 Å². The maximum atomic E-state index is 2.56. The second-order valence-electron chi connectivity index (χ2n) is 16.6. The SMILES string of the molecule is CC1(C)c2ccccc2-c2ccc(N(c3ccccc3)C3(N(c4ccccc4)c4ccc5c(c4)C(C)(C)c4ccccc4-5)C=CC(c4ccccc4)C=C3)cc21. The van der Waals surface area contributed by atoms with Gasteiger partial charge in [0.1, 0.15) is 0 Å². The molecule has 272 valence electrons. The number of nitrogens with zero attached hydrogens (tertiary/aromatic N) is 2. The van der Waals surface area contributed by atoms with E-state index in [0.717, 1.165) is 22.7 Å². The first-order valence-electron chi connectivity index (χ1n) is 19.9. The highest BCUT2D eigenvalue weighted by Gasteiger charge is 2.45. The van der Waals surface area contributed by atoms with Gasteiger partial charge in [-0.2, -0.15) is 0 Å². The molecule has 7 aromatic rings. The van der Waals surface area contributed by atoms with Crippen LogP contribution >= 0.6 is 0 Å². The first-order valence-corrected chi connectivity index (χ1v) is 19.9. The minimum Gasteiger partial charge on any atom is -0.311 e. The topological polar surface area (TPSA) is 6.48 Å². The molecule has 0 saturated heterocycles. The maximum absolute atomic E-state index is 2.56. The third-order valence-corrected chi connectivity index (χ3v) is 12.7. The van der Waals surface area contributed by atoms with Gasteiger partial charge in [0.05, 0.1) is 0 Å². The molecule has 0 spiro atoms. The van der Waals surface area contributed by atoms with Gasteiger partial charge in [-0.1, -0.05) is 167 Å². The number of hydrogen-bond donors (Lipinski definition) is 0. The van der Waals surface area contributed by atoms with Gasteiger partial charge in [0.15, 0.2) is 5.66 Å². The van der Waals surface area contributed by atoms with Crippen LogP contribution in [0.3, 0.4) is 0 Å². The van der Waals surface area contributed by atoms with Crippen molar-refractivity contribution in [1.82, 2.24) is 0 Å².